The van der Waals surface area contributed by atoms with Crippen LogP contribution >= 0.6 is 0 Å². The highest BCUT2D eigenvalue weighted by atomic mass is 19.1. The van der Waals surface area contributed by atoms with E-state index >= 15 is 0 Å². The highest BCUT2D eigenvalue weighted by Gasteiger charge is 2.48. The van der Waals surface area contributed by atoms with E-state index in [9.17, 15) is 9.30 Å². The van der Waals surface area contributed by atoms with E-state index in [1.165, 1.54) is 25.2 Å². The van der Waals surface area contributed by atoms with Crippen molar-refractivity contribution in [3.63, 3.8) is 0 Å². The lowest BCUT2D eigenvalue weighted by molar-refractivity contribution is -0.429. The molecule has 6 heteroatoms. The summed E-state index contributed by atoms with van der Waals surface area (Å²) in [4.78, 5) is 11.5. The molecule has 114 valence electrons. The lowest BCUT2D eigenvalue weighted by Crippen LogP contribution is -2.25. The smallest absolute Gasteiger partial charge is 0.297 e. The molecule has 0 N–H and O–H groups in total. The topological polar surface area (TPSA) is 47.8 Å². The van der Waals surface area contributed by atoms with Gasteiger partial charge in [-0.2, -0.15) is 0 Å². The van der Waals surface area contributed by atoms with Crippen LogP contribution in [0.4, 0.5) is 10.1 Å². The van der Waals surface area contributed by atoms with Crippen LogP contribution in [-0.4, -0.2) is 35.9 Å². The number of nitrogens with zero attached hydrogens (tertiary/aromatic N) is 1. The molecule has 2 aliphatic rings. The second-order valence-corrected chi connectivity index (χ2v) is 6.03. The van der Waals surface area contributed by atoms with Crippen molar-refractivity contribution < 1.29 is 23.4 Å². The van der Waals surface area contributed by atoms with Gasteiger partial charge in [-0.15, -0.1) is 0 Å². The lowest BCUT2D eigenvalue weighted by atomic mass is 10.2. The molecular weight excluding hydrogens is 277 g/mol. The molecule has 0 amide bonds. The number of nitroso groups, excluding NO2 is 1. The number of halogens is 1. The van der Waals surface area contributed by atoms with Crippen molar-refractivity contribution >= 4 is 5.69 Å². The van der Waals surface area contributed by atoms with E-state index in [-0.39, 0.29) is 24.1 Å². The first-order valence-electron chi connectivity index (χ1n) is 7.07. The molecule has 1 aromatic rings. The van der Waals surface area contributed by atoms with Crippen LogP contribution in [0.3, 0.4) is 0 Å². The molecule has 3 rings (SSSR count). The molecule has 2 atom stereocenters. The van der Waals surface area contributed by atoms with Crippen molar-refractivity contribution in [3.8, 4) is 5.75 Å². The molecule has 0 bridgehead atoms. The summed E-state index contributed by atoms with van der Waals surface area (Å²) >= 11 is 0. The Hall–Kier alpha value is -1.53. The van der Waals surface area contributed by atoms with Gasteiger partial charge in [-0.25, -0.2) is 4.39 Å². The van der Waals surface area contributed by atoms with E-state index in [2.05, 4.69) is 0 Å². The maximum absolute atomic E-state index is 13.4. The molecule has 1 aromatic carbocycles. The Balaban J connectivity index is 1.72. The Morgan fingerprint density at radius 3 is 2.48 bits per heavy atom. The first-order valence-corrected chi connectivity index (χ1v) is 7.07. The Kier molecular flexibility index (Phi) is 3.45. The van der Waals surface area contributed by atoms with Crippen molar-refractivity contribution in [3.05, 3.63) is 28.9 Å². The van der Waals surface area contributed by atoms with Crippen molar-refractivity contribution in [1.82, 2.24) is 0 Å². The third-order valence-electron chi connectivity index (χ3n) is 3.83. The molecule has 2 fully saturated rings. The summed E-state index contributed by atoms with van der Waals surface area (Å²) < 4.78 is 31.4. The Labute approximate surface area is 122 Å². The van der Waals surface area contributed by atoms with Gasteiger partial charge in [0, 0.05) is 34.6 Å². The maximum Gasteiger partial charge on any atom is 0.297 e. The van der Waals surface area contributed by atoms with E-state index in [4.69, 9.17) is 14.2 Å². The summed E-state index contributed by atoms with van der Waals surface area (Å²) in [6, 6.07) is 3.90. The summed E-state index contributed by atoms with van der Waals surface area (Å²) in [6.45, 7) is 3.77. The predicted octanol–water partition coefficient (Wildman–Crippen LogP) is 2.93. The zero-order valence-electron chi connectivity index (χ0n) is 12.3. The van der Waals surface area contributed by atoms with Crippen LogP contribution in [0.15, 0.2) is 18.2 Å². The molecule has 1 aliphatic heterocycles. The number of rotatable bonds is 3. The van der Waals surface area contributed by atoms with E-state index in [1.807, 2.05) is 13.8 Å². The second-order valence-electron chi connectivity index (χ2n) is 6.03. The third kappa shape index (κ3) is 2.91. The molecule has 2 unspecified atom stereocenters. The van der Waals surface area contributed by atoms with Gasteiger partial charge in [0.25, 0.3) is 5.69 Å². The van der Waals surface area contributed by atoms with Crippen molar-refractivity contribution in [1.29, 1.82) is 0 Å². The fourth-order valence-corrected chi connectivity index (χ4v) is 3.04. The third-order valence-corrected chi connectivity index (χ3v) is 3.83. The van der Waals surface area contributed by atoms with Crippen LogP contribution in [0.5, 0.6) is 5.75 Å². The van der Waals surface area contributed by atoms with Gasteiger partial charge in [0.1, 0.15) is 11.9 Å². The molecular formula is C15H19FNO4+. The van der Waals surface area contributed by atoms with Gasteiger partial charge < -0.3 is 14.2 Å². The number of hydrogen-bond acceptors (Lipinski definition) is 4. The van der Waals surface area contributed by atoms with E-state index in [0.717, 1.165) is 0 Å². The fourth-order valence-electron chi connectivity index (χ4n) is 3.04. The normalized spacial score (nSPS) is 30.2. The van der Waals surface area contributed by atoms with Gasteiger partial charge in [-0.1, -0.05) is 0 Å². The summed E-state index contributed by atoms with van der Waals surface area (Å²) in [6.07, 6.45) is 1.19. The van der Waals surface area contributed by atoms with Gasteiger partial charge in [0.2, 0.25) is 0 Å². The SMILES string of the molecule is C[N+](=O)c1ccc(F)cc1OC1CC2OC(C)(C)OC2C1. The van der Waals surface area contributed by atoms with Crippen LogP contribution in [0.25, 0.3) is 0 Å². The quantitative estimate of drug-likeness (QED) is 0.805. The number of hydrogen-bond donors (Lipinski definition) is 0. The van der Waals surface area contributed by atoms with Gasteiger partial charge in [-0.3, -0.25) is 0 Å². The number of ether oxygens (including phenoxy) is 3. The maximum atomic E-state index is 13.4. The van der Waals surface area contributed by atoms with Crippen LogP contribution in [0.2, 0.25) is 0 Å². The van der Waals surface area contributed by atoms with Crippen molar-refractivity contribution in [2.75, 3.05) is 7.05 Å². The van der Waals surface area contributed by atoms with E-state index in [1.54, 1.807) is 0 Å². The monoisotopic (exact) mass is 296 g/mol. The number of benzene rings is 1. The van der Waals surface area contributed by atoms with Crippen LogP contribution < -0.4 is 4.74 Å². The highest BCUT2D eigenvalue weighted by molar-refractivity contribution is 5.46. The first-order chi connectivity index (χ1) is 9.84. The van der Waals surface area contributed by atoms with Crippen LogP contribution in [0.1, 0.15) is 26.7 Å². The van der Waals surface area contributed by atoms with Gasteiger partial charge in [0.15, 0.2) is 18.6 Å². The zero-order chi connectivity index (χ0) is 15.2. The number of fused-ring (bicyclic) bond motifs is 1. The standard InChI is InChI=1S/C15H19FNO4/c1-15(2)20-13-7-10(8-14(13)21-15)19-12-6-9(16)4-5-11(12)17(3)18/h4-6,10,13-14H,7-8H2,1-3H3/q+1. The van der Waals surface area contributed by atoms with Gasteiger partial charge in [-0.05, 0) is 19.9 Å². The second kappa shape index (κ2) is 5.03. The minimum atomic E-state index is -0.556. The molecule has 21 heavy (non-hydrogen) atoms. The first kappa shape index (κ1) is 14.4. The summed E-state index contributed by atoms with van der Waals surface area (Å²) in [5, 5.41) is 0. The zero-order valence-corrected chi connectivity index (χ0v) is 12.3. The highest BCUT2D eigenvalue weighted by Crippen LogP contribution is 2.40. The van der Waals surface area contributed by atoms with Crippen LogP contribution in [0, 0.1) is 10.7 Å². The van der Waals surface area contributed by atoms with Gasteiger partial charge >= 0.3 is 0 Å². The lowest BCUT2D eigenvalue weighted by Gasteiger charge is -2.21. The largest absolute Gasteiger partial charge is 0.483 e. The Bertz CT molecular complexity index is 559. The molecule has 1 aliphatic carbocycles. The van der Waals surface area contributed by atoms with Crippen molar-refractivity contribution in [2.45, 2.75) is 50.8 Å². The van der Waals surface area contributed by atoms with Gasteiger partial charge in [0.05, 0.1) is 12.2 Å². The molecule has 1 heterocycles. The average Bonchev–Trinajstić information content (AvgIpc) is 2.81. The summed E-state index contributed by atoms with van der Waals surface area (Å²) in [5.74, 6) is -0.723. The predicted molar refractivity (Wildman–Crippen MR) is 73.1 cm³/mol. The average molecular weight is 296 g/mol. The summed E-state index contributed by atoms with van der Waals surface area (Å²) in [7, 11) is 1.36. The fraction of sp³-hybridized carbons (Fsp3) is 0.600. The Morgan fingerprint density at radius 2 is 1.90 bits per heavy atom. The minimum Gasteiger partial charge on any atom is -0.483 e. The Morgan fingerprint density at radius 1 is 1.29 bits per heavy atom. The molecule has 0 aromatic heterocycles. The molecule has 1 saturated heterocycles. The van der Waals surface area contributed by atoms with E-state index in [0.29, 0.717) is 23.3 Å². The van der Waals surface area contributed by atoms with Crippen molar-refractivity contribution in [2.24, 2.45) is 0 Å². The summed E-state index contributed by atoms with van der Waals surface area (Å²) in [5.41, 5.74) is 0.315. The molecule has 0 spiro atoms. The van der Waals surface area contributed by atoms with Crippen LogP contribution in [-0.2, 0) is 9.47 Å². The minimum absolute atomic E-state index is 0.00742. The molecule has 0 radical (unpaired) electrons. The molecule has 5 nitrogen and oxygen atoms in total. The van der Waals surface area contributed by atoms with E-state index < -0.39 is 11.6 Å². The molecule has 1 saturated carbocycles.